The number of nitriles is 1. The fraction of sp³-hybridized carbons (Fsp3) is 0.500. The summed E-state index contributed by atoms with van der Waals surface area (Å²) in [7, 11) is -1.87. The third kappa shape index (κ3) is 2.76. The molecule has 2 rings (SSSR count). The third-order valence-corrected chi connectivity index (χ3v) is 5.09. The molecule has 7 heteroatoms. The molecule has 1 aromatic heterocycles. The third-order valence-electron chi connectivity index (χ3n) is 3.27. The van der Waals surface area contributed by atoms with Gasteiger partial charge in [0, 0.05) is 25.3 Å². The smallest absolute Gasteiger partial charge is 0.261 e. The highest BCUT2D eigenvalue weighted by Crippen LogP contribution is 2.21. The van der Waals surface area contributed by atoms with Gasteiger partial charge in [-0.25, -0.2) is 13.4 Å². The Bertz CT molecular complexity index is 594. The van der Waals surface area contributed by atoms with Crippen LogP contribution >= 0.6 is 0 Å². The number of sulfonamides is 1. The van der Waals surface area contributed by atoms with Gasteiger partial charge in [0.05, 0.1) is 5.56 Å². The molecule has 1 aliphatic heterocycles. The standard InChI is InChI=1S/C12H16N4O2S/c1-14-11-5-3-7-16(9-11)19(17,18)12-10(8-13)4-2-6-15-12/h2,4,6,11,14H,3,5,7,9H2,1H3/t11-/m0/s1. The van der Waals surface area contributed by atoms with E-state index in [1.807, 2.05) is 13.1 Å². The second-order valence-corrected chi connectivity index (χ2v) is 6.31. The van der Waals surface area contributed by atoms with E-state index in [2.05, 4.69) is 10.3 Å². The Kier molecular flexibility index (Phi) is 4.14. The Balaban J connectivity index is 2.35. The minimum absolute atomic E-state index is 0.0917. The van der Waals surface area contributed by atoms with Crippen LogP contribution in [0.5, 0.6) is 0 Å². The largest absolute Gasteiger partial charge is 0.316 e. The molecule has 0 saturated carbocycles. The maximum atomic E-state index is 12.5. The summed E-state index contributed by atoms with van der Waals surface area (Å²) < 4.78 is 26.4. The number of likely N-dealkylation sites (N-methyl/N-ethyl adjacent to an activating group) is 1. The zero-order valence-corrected chi connectivity index (χ0v) is 11.5. The number of rotatable bonds is 3. The Morgan fingerprint density at radius 1 is 1.58 bits per heavy atom. The van der Waals surface area contributed by atoms with Crippen molar-refractivity contribution < 1.29 is 8.42 Å². The van der Waals surface area contributed by atoms with Gasteiger partial charge < -0.3 is 5.32 Å². The van der Waals surface area contributed by atoms with E-state index in [1.54, 1.807) is 6.07 Å². The molecule has 0 bridgehead atoms. The van der Waals surface area contributed by atoms with Crippen molar-refractivity contribution in [1.29, 1.82) is 5.26 Å². The summed E-state index contributed by atoms with van der Waals surface area (Å²) in [5, 5.41) is 11.9. The zero-order valence-electron chi connectivity index (χ0n) is 10.7. The van der Waals surface area contributed by atoms with Crippen molar-refractivity contribution in [1.82, 2.24) is 14.6 Å². The quantitative estimate of drug-likeness (QED) is 0.862. The number of piperidine rings is 1. The lowest BCUT2D eigenvalue weighted by Crippen LogP contribution is -2.47. The maximum Gasteiger partial charge on any atom is 0.261 e. The molecule has 102 valence electrons. The van der Waals surface area contributed by atoms with Crippen LogP contribution < -0.4 is 5.32 Å². The van der Waals surface area contributed by atoms with E-state index in [9.17, 15) is 8.42 Å². The van der Waals surface area contributed by atoms with E-state index in [0.29, 0.717) is 13.1 Å². The van der Waals surface area contributed by atoms with Crippen molar-refractivity contribution in [2.75, 3.05) is 20.1 Å². The number of nitrogens with zero attached hydrogens (tertiary/aromatic N) is 3. The molecule has 1 fully saturated rings. The zero-order chi connectivity index (χ0) is 13.9. The lowest BCUT2D eigenvalue weighted by molar-refractivity contribution is 0.292. The van der Waals surface area contributed by atoms with Gasteiger partial charge in [0.25, 0.3) is 10.0 Å². The molecule has 6 nitrogen and oxygen atoms in total. The number of nitrogens with one attached hydrogen (secondary N) is 1. The van der Waals surface area contributed by atoms with Crippen LogP contribution in [0, 0.1) is 11.3 Å². The molecular weight excluding hydrogens is 264 g/mol. The summed E-state index contributed by atoms with van der Waals surface area (Å²) in [6.07, 6.45) is 3.16. The van der Waals surface area contributed by atoms with Crippen molar-refractivity contribution in [2.45, 2.75) is 23.9 Å². The molecule has 0 unspecified atom stereocenters. The predicted molar refractivity (Wildman–Crippen MR) is 69.8 cm³/mol. The molecule has 1 aliphatic rings. The predicted octanol–water partition coefficient (Wildman–Crippen LogP) is 0.326. The summed E-state index contributed by atoms with van der Waals surface area (Å²) in [5.41, 5.74) is 0.0917. The molecule has 0 amide bonds. The number of aromatic nitrogens is 1. The van der Waals surface area contributed by atoms with Crippen LogP contribution in [-0.2, 0) is 10.0 Å². The Hall–Kier alpha value is -1.49. The van der Waals surface area contributed by atoms with E-state index >= 15 is 0 Å². The monoisotopic (exact) mass is 280 g/mol. The van der Waals surface area contributed by atoms with Crippen LogP contribution in [0.4, 0.5) is 0 Å². The molecule has 1 saturated heterocycles. The highest BCUT2D eigenvalue weighted by molar-refractivity contribution is 7.89. The lowest BCUT2D eigenvalue weighted by atomic mass is 10.1. The van der Waals surface area contributed by atoms with Crippen molar-refractivity contribution >= 4 is 10.0 Å². The van der Waals surface area contributed by atoms with Gasteiger partial charge in [0.15, 0.2) is 5.03 Å². The first-order valence-corrected chi connectivity index (χ1v) is 7.56. The average Bonchev–Trinajstić information content (AvgIpc) is 2.47. The first-order valence-electron chi connectivity index (χ1n) is 6.12. The Labute approximate surface area is 113 Å². The van der Waals surface area contributed by atoms with Gasteiger partial charge in [-0.05, 0) is 32.0 Å². The van der Waals surface area contributed by atoms with E-state index in [0.717, 1.165) is 12.8 Å². The van der Waals surface area contributed by atoms with Crippen molar-refractivity contribution in [3.63, 3.8) is 0 Å². The molecular formula is C12H16N4O2S. The van der Waals surface area contributed by atoms with Gasteiger partial charge in [0.2, 0.25) is 0 Å². The van der Waals surface area contributed by atoms with E-state index in [-0.39, 0.29) is 16.6 Å². The lowest BCUT2D eigenvalue weighted by Gasteiger charge is -2.31. The topological polar surface area (TPSA) is 86.1 Å². The molecule has 1 atom stereocenters. The summed E-state index contributed by atoms with van der Waals surface area (Å²) in [6, 6.07) is 5.06. The van der Waals surface area contributed by atoms with Gasteiger partial charge in [-0.3, -0.25) is 0 Å². The normalized spacial score (nSPS) is 20.9. The van der Waals surface area contributed by atoms with Gasteiger partial charge >= 0.3 is 0 Å². The van der Waals surface area contributed by atoms with Crippen molar-refractivity contribution in [3.05, 3.63) is 23.9 Å². The van der Waals surface area contributed by atoms with Crippen molar-refractivity contribution in [3.8, 4) is 6.07 Å². The maximum absolute atomic E-state index is 12.5. The van der Waals surface area contributed by atoms with Gasteiger partial charge in [-0.1, -0.05) is 0 Å². The molecule has 19 heavy (non-hydrogen) atoms. The van der Waals surface area contributed by atoms with Crippen molar-refractivity contribution in [2.24, 2.45) is 0 Å². The summed E-state index contributed by atoms with van der Waals surface area (Å²) in [5.74, 6) is 0. The highest BCUT2D eigenvalue weighted by atomic mass is 32.2. The summed E-state index contributed by atoms with van der Waals surface area (Å²) in [6.45, 7) is 0.891. The minimum atomic E-state index is -3.69. The fourth-order valence-electron chi connectivity index (χ4n) is 2.20. The number of pyridine rings is 1. The van der Waals surface area contributed by atoms with Crippen LogP contribution in [-0.4, -0.2) is 43.9 Å². The molecule has 0 aromatic carbocycles. The average molecular weight is 280 g/mol. The van der Waals surface area contributed by atoms with Crippen LogP contribution in [0.15, 0.2) is 23.4 Å². The SMILES string of the molecule is CN[C@H]1CCCN(S(=O)(=O)c2ncccc2C#N)C1. The first-order chi connectivity index (χ1) is 9.09. The van der Waals surface area contributed by atoms with E-state index in [1.165, 1.54) is 16.6 Å². The molecule has 0 spiro atoms. The molecule has 0 aliphatic carbocycles. The van der Waals surface area contributed by atoms with Gasteiger partial charge in [0.1, 0.15) is 6.07 Å². The van der Waals surface area contributed by atoms with Gasteiger partial charge in [-0.15, -0.1) is 0 Å². The second kappa shape index (κ2) is 5.65. The highest BCUT2D eigenvalue weighted by Gasteiger charge is 2.32. The van der Waals surface area contributed by atoms with Gasteiger partial charge in [-0.2, -0.15) is 9.57 Å². The van der Waals surface area contributed by atoms with Crippen LogP contribution in [0.3, 0.4) is 0 Å². The summed E-state index contributed by atoms with van der Waals surface area (Å²) >= 11 is 0. The van der Waals surface area contributed by atoms with E-state index in [4.69, 9.17) is 5.26 Å². The van der Waals surface area contributed by atoms with E-state index < -0.39 is 10.0 Å². The van der Waals surface area contributed by atoms with Crippen LogP contribution in [0.2, 0.25) is 0 Å². The second-order valence-electron chi connectivity index (χ2n) is 4.46. The number of hydrogen-bond donors (Lipinski definition) is 1. The van der Waals surface area contributed by atoms with Crippen LogP contribution in [0.1, 0.15) is 18.4 Å². The molecule has 2 heterocycles. The fourth-order valence-corrected chi connectivity index (χ4v) is 3.78. The first kappa shape index (κ1) is 13.9. The summed E-state index contributed by atoms with van der Waals surface area (Å²) in [4.78, 5) is 3.87. The molecule has 1 aromatic rings. The molecule has 0 radical (unpaired) electrons. The Morgan fingerprint density at radius 2 is 2.37 bits per heavy atom. The Morgan fingerprint density at radius 3 is 3.05 bits per heavy atom. The minimum Gasteiger partial charge on any atom is -0.316 e. The number of hydrogen-bond acceptors (Lipinski definition) is 5. The molecule has 1 N–H and O–H groups in total. The van der Waals surface area contributed by atoms with Crippen LogP contribution in [0.25, 0.3) is 0 Å².